The molecule has 48 heavy (non-hydrogen) atoms. The van der Waals surface area contributed by atoms with Gasteiger partial charge in [-0.3, -0.25) is 4.68 Å². The lowest BCUT2D eigenvalue weighted by Crippen LogP contribution is -2.49. The summed E-state index contributed by atoms with van der Waals surface area (Å²) in [7, 11) is -4.42. The Hall–Kier alpha value is -2.68. The van der Waals surface area contributed by atoms with Crippen molar-refractivity contribution in [2.24, 2.45) is 0 Å². The Morgan fingerprint density at radius 1 is 0.771 bits per heavy atom. The van der Waals surface area contributed by atoms with Gasteiger partial charge in [0.25, 0.3) is 0 Å². The summed E-state index contributed by atoms with van der Waals surface area (Å²) in [6.07, 6.45) is 2.17. The van der Waals surface area contributed by atoms with E-state index < -0.39 is 46.0 Å². The molecule has 0 saturated heterocycles. The highest BCUT2D eigenvalue weighted by molar-refractivity contribution is 6.74. The summed E-state index contributed by atoms with van der Waals surface area (Å²) < 4.78 is 32.2. The maximum Gasteiger partial charge on any atom is 0.407 e. The van der Waals surface area contributed by atoms with Crippen LogP contribution in [0.1, 0.15) is 83.1 Å². The Bertz CT molecular complexity index is 1350. The van der Waals surface area contributed by atoms with E-state index in [9.17, 15) is 9.59 Å². The van der Waals surface area contributed by atoms with Crippen molar-refractivity contribution in [3.8, 4) is 16.9 Å². The van der Waals surface area contributed by atoms with Crippen LogP contribution in [0.4, 0.5) is 4.79 Å². The number of benzene rings is 1. The molecule has 1 amide bonds. The number of alkyl carbamates (subject to hydrolysis) is 1. The molecule has 2 atom stereocenters. The number of nitrogens with one attached hydrogen (secondary N) is 1. The molecular weight excluding hydrogens is 643 g/mol. The van der Waals surface area contributed by atoms with E-state index in [1.54, 1.807) is 0 Å². The molecule has 1 N–H and O–H groups in total. The lowest BCUT2D eigenvalue weighted by atomic mass is 10.1. The molecule has 0 saturated carbocycles. The maximum atomic E-state index is 13.1. The summed E-state index contributed by atoms with van der Waals surface area (Å²) in [4.78, 5) is 25.5. The Labute approximate surface area is 291 Å². The van der Waals surface area contributed by atoms with E-state index in [4.69, 9.17) is 23.1 Å². The van der Waals surface area contributed by atoms with E-state index >= 15 is 0 Å². The summed E-state index contributed by atoms with van der Waals surface area (Å²) in [6.45, 7) is 33.4. The first-order valence-corrected chi connectivity index (χ1v) is 22.7. The van der Waals surface area contributed by atoms with Gasteiger partial charge in [0.05, 0.1) is 18.8 Å². The van der Waals surface area contributed by atoms with Gasteiger partial charge in [0.15, 0.2) is 22.7 Å². The minimum absolute atomic E-state index is 0.0000406. The van der Waals surface area contributed by atoms with Crippen molar-refractivity contribution in [3.63, 3.8) is 0 Å². The molecular formula is C36H63N3O7Si2. The molecule has 1 aromatic carbocycles. The average Bonchev–Trinajstić information content (AvgIpc) is 3.35. The Balaban J connectivity index is 2.17. The van der Waals surface area contributed by atoms with Crippen LogP contribution in [0.5, 0.6) is 5.75 Å². The van der Waals surface area contributed by atoms with Gasteiger partial charge < -0.3 is 28.4 Å². The zero-order chi connectivity index (χ0) is 36.9. The van der Waals surface area contributed by atoms with Gasteiger partial charge in [-0.25, -0.2) is 9.59 Å². The van der Waals surface area contributed by atoms with Crippen molar-refractivity contribution >= 4 is 28.7 Å². The zero-order valence-corrected chi connectivity index (χ0v) is 34.5. The highest BCUT2D eigenvalue weighted by Crippen LogP contribution is 2.38. The Kier molecular flexibility index (Phi) is 13.4. The molecule has 0 aliphatic carbocycles. The van der Waals surface area contributed by atoms with E-state index in [0.29, 0.717) is 18.8 Å². The fraction of sp³-hybridized carbons (Fsp3) is 0.694. The first-order valence-electron chi connectivity index (χ1n) is 16.9. The quantitative estimate of drug-likeness (QED) is 0.163. The van der Waals surface area contributed by atoms with Gasteiger partial charge in [-0.05, 0) is 95.5 Å². The lowest BCUT2D eigenvalue weighted by Gasteiger charge is -2.39. The molecule has 0 aliphatic heterocycles. The van der Waals surface area contributed by atoms with Crippen LogP contribution in [-0.4, -0.2) is 75.0 Å². The second kappa shape index (κ2) is 15.5. The van der Waals surface area contributed by atoms with Gasteiger partial charge in [0.2, 0.25) is 0 Å². The zero-order valence-electron chi connectivity index (χ0n) is 32.5. The van der Waals surface area contributed by atoms with Crippen molar-refractivity contribution in [1.29, 1.82) is 0 Å². The van der Waals surface area contributed by atoms with Gasteiger partial charge in [-0.1, -0.05) is 53.7 Å². The van der Waals surface area contributed by atoms with Crippen molar-refractivity contribution in [2.75, 3.05) is 13.2 Å². The Morgan fingerprint density at radius 3 is 1.79 bits per heavy atom. The fourth-order valence-electron chi connectivity index (χ4n) is 4.04. The summed E-state index contributed by atoms with van der Waals surface area (Å²) in [6, 6.07) is 7.67. The predicted octanol–water partition coefficient (Wildman–Crippen LogP) is 8.58. The number of aromatic nitrogens is 2. The van der Waals surface area contributed by atoms with Crippen LogP contribution in [0.2, 0.25) is 36.3 Å². The minimum atomic E-state index is -2.27. The molecule has 0 spiro atoms. The lowest BCUT2D eigenvalue weighted by molar-refractivity contribution is -0.165. The van der Waals surface area contributed by atoms with Crippen LogP contribution in [0.15, 0.2) is 36.7 Å². The number of carbonyl (C=O) groups is 2. The fourth-order valence-corrected chi connectivity index (χ4v) is 6.61. The third-order valence-electron chi connectivity index (χ3n) is 8.67. The maximum absolute atomic E-state index is 13.1. The number of rotatable bonds is 13. The van der Waals surface area contributed by atoms with Crippen LogP contribution >= 0.6 is 0 Å². The van der Waals surface area contributed by atoms with E-state index in [0.717, 1.165) is 11.1 Å². The van der Waals surface area contributed by atoms with E-state index in [1.807, 2.05) is 82.9 Å². The summed E-state index contributed by atoms with van der Waals surface area (Å²) >= 11 is 0. The first kappa shape index (κ1) is 41.5. The van der Waals surface area contributed by atoms with Gasteiger partial charge in [0, 0.05) is 18.3 Å². The molecule has 0 radical (unpaired) electrons. The van der Waals surface area contributed by atoms with Crippen molar-refractivity contribution in [3.05, 3.63) is 36.7 Å². The van der Waals surface area contributed by atoms with Gasteiger partial charge in [-0.15, -0.1) is 0 Å². The van der Waals surface area contributed by atoms with E-state index in [2.05, 4.69) is 78.1 Å². The summed E-state index contributed by atoms with van der Waals surface area (Å²) in [5.41, 5.74) is 0.670. The molecule has 1 heterocycles. The molecule has 2 aromatic rings. The SMILES string of the molecule is CC(C)(C)OC(=O)NC[C@@H](Cn1cc(-c2ccc(OC[C@@H](O[Si](C)(C)C(C)(C)C)C(=O)OC(C)(C)C)cc2)cn1)O[Si](C)(C)C(C)(C)C. The number of hydrogen-bond acceptors (Lipinski definition) is 8. The van der Waals surface area contributed by atoms with Gasteiger partial charge in [-0.2, -0.15) is 5.10 Å². The standard InChI is InChI=1S/C36H63N3O7Si2/c1-33(2,3)43-31(40)30(46-48(15,16)36(10,11)12)25-42-28-19-17-26(18-20-28)27-21-38-39(23-27)24-29(45-47(13,14)35(7,8)9)22-37-32(41)44-34(4,5)6/h17-21,23,29-30H,22,24-25H2,1-16H3,(H,37,41)/t29-,30+/m0/s1. The second-order valence-electron chi connectivity index (χ2n) is 17.6. The monoisotopic (exact) mass is 705 g/mol. The minimum Gasteiger partial charge on any atom is -0.490 e. The molecule has 1 aromatic heterocycles. The molecule has 0 unspecified atom stereocenters. The molecule has 2 rings (SSSR count). The number of amides is 1. The second-order valence-corrected chi connectivity index (χ2v) is 27.1. The number of ether oxygens (including phenoxy) is 3. The molecule has 12 heteroatoms. The number of carbonyl (C=O) groups excluding carboxylic acids is 2. The Morgan fingerprint density at radius 2 is 1.29 bits per heavy atom. The van der Waals surface area contributed by atoms with Crippen LogP contribution < -0.4 is 10.1 Å². The van der Waals surface area contributed by atoms with Crippen LogP contribution in [0.25, 0.3) is 11.1 Å². The van der Waals surface area contributed by atoms with E-state index in [1.165, 1.54) is 0 Å². The topological polar surface area (TPSA) is 110 Å². The molecule has 0 fully saturated rings. The smallest absolute Gasteiger partial charge is 0.407 e. The normalized spacial score (nSPS) is 14.7. The average molecular weight is 706 g/mol. The molecule has 0 bridgehead atoms. The summed E-state index contributed by atoms with van der Waals surface area (Å²) in [5.74, 6) is 0.197. The summed E-state index contributed by atoms with van der Waals surface area (Å²) in [5, 5.41) is 7.41. The first-order chi connectivity index (χ1) is 21.6. The largest absolute Gasteiger partial charge is 0.490 e. The number of esters is 1. The van der Waals surface area contributed by atoms with Gasteiger partial charge in [0.1, 0.15) is 23.6 Å². The molecule has 272 valence electrons. The third kappa shape index (κ3) is 13.3. The van der Waals surface area contributed by atoms with Crippen LogP contribution in [0.3, 0.4) is 0 Å². The molecule has 10 nitrogen and oxygen atoms in total. The van der Waals surface area contributed by atoms with Crippen LogP contribution in [0, 0.1) is 0 Å². The van der Waals surface area contributed by atoms with Crippen molar-refractivity contribution in [2.45, 2.75) is 149 Å². The van der Waals surface area contributed by atoms with E-state index in [-0.39, 0.29) is 22.8 Å². The predicted molar refractivity (Wildman–Crippen MR) is 197 cm³/mol. The highest BCUT2D eigenvalue weighted by atomic mass is 28.4. The number of nitrogens with zero attached hydrogens (tertiary/aromatic N) is 2. The highest BCUT2D eigenvalue weighted by Gasteiger charge is 2.42. The van der Waals surface area contributed by atoms with Crippen molar-refractivity contribution < 1.29 is 32.7 Å². The van der Waals surface area contributed by atoms with Gasteiger partial charge >= 0.3 is 12.1 Å². The number of hydrogen-bond donors (Lipinski definition) is 1. The third-order valence-corrected chi connectivity index (χ3v) is 17.7. The van der Waals surface area contributed by atoms with Crippen molar-refractivity contribution in [1.82, 2.24) is 15.1 Å². The molecule has 0 aliphatic rings. The van der Waals surface area contributed by atoms with Crippen LogP contribution in [-0.2, 0) is 29.7 Å².